The number of carbonyl (C=O) groups excluding carboxylic acids is 1. The van der Waals surface area contributed by atoms with Gasteiger partial charge in [-0.3, -0.25) is 4.79 Å². The van der Waals surface area contributed by atoms with Gasteiger partial charge in [-0.05, 0) is 23.6 Å². The van der Waals surface area contributed by atoms with Gasteiger partial charge in [0, 0.05) is 25.6 Å². The Labute approximate surface area is 108 Å². The highest BCUT2D eigenvalue weighted by Gasteiger charge is 2.19. The molecule has 1 saturated heterocycles. The molecule has 2 rings (SSSR count). The lowest BCUT2D eigenvalue weighted by Crippen LogP contribution is -2.24. The molecule has 1 heterocycles. The fraction of sp³-hybridized carbons (Fsp3) is 0.500. The maximum atomic E-state index is 11.6. The van der Waals surface area contributed by atoms with E-state index >= 15 is 0 Å². The Hall–Kier alpha value is -1.55. The van der Waals surface area contributed by atoms with E-state index in [1.165, 1.54) is 5.56 Å². The SMILES string of the molecule is CCc1cc(C2CC(=O)NCCN2)ccc1OC. The highest BCUT2D eigenvalue weighted by molar-refractivity contribution is 5.77. The van der Waals surface area contributed by atoms with Gasteiger partial charge >= 0.3 is 0 Å². The van der Waals surface area contributed by atoms with Crippen LogP contribution in [0, 0.1) is 0 Å². The molecule has 1 aliphatic rings. The third-order valence-corrected chi connectivity index (χ3v) is 3.32. The molecule has 1 atom stereocenters. The topological polar surface area (TPSA) is 50.4 Å². The molecular weight excluding hydrogens is 228 g/mol. The molecule has 1 amide bonds. The van der Waals surface area contributed by atoms with Gasteiger partial charge in [0.25, 0.3) is 0 Å². The molecule has 0 bridgehead atoms. The van der Waals surface area contributed by atoms with Gasteiger partial charge in [-0.25, -0.2) is 0 Å². The third kappa shape index (κ3) is 2.82. The van der Waals surface area contributed by atoms with Crippen molar-refractivity contribution in [3.63, 3.8) is 0 Å². The van der Waals surface area contributed by atoms with Gasteiger partial charge < -0.3 is 15.4 Å². The molecular formula is C14H20N2O2. The normalized spacial score (nSPS) is 20.1. The minimum absolute atomic E-state index is 0.101. The Balaban J connectivity index is 2.23. The molecule has 2 N–H and O–H groups in total. The van der Waals surface area contributed by atoms with Crippen LogP contribution in [0.15, 0.2) is 18.2 Å². The molecule has 0 radical (unpaired) electrons. The highest BCUT2D eigenvalue weighted by atomic mass is 16.5. The number of carbonyl (C=O) groups is 1. The fourth-order valence-corrected chi connectivity index (χ4v) is 2.31. The van der Waals surface area contributed by atoms with E-state index < -0.39 is 0 Å². The Kier molecular flexibility index (Phi) is 4.20. The van der Waals surface area contributed by atoms with Crippen LogP contribution in [0.5, 0.6) is 5.75 Å². The molecule has 1 aromatic rings. The van der Waals surface area contributed by atoms with Crippen LogP contribution in [0.4, 0.5) is 0 Å². The van der Waals surface area contributed by atoms with Gasteiger partial charge in [-0.15, -0.1) is 0 Å². The number of hydrogen-bond donors (Lipinski definition) is 2. The average Bonchev–Trinajstić information content (AvgIpc) is 2.62. The summed E-state index contributed by atoms with van der Waals surface area (Å²) in [5.41, 5.74) is 2.34. The van der Waals surface area contributed by atoms with Crippen molar-refractivity contribution in [3.8, 4) is 5.75 Å². The minimum Gasteiger partial charge on any atom is -0.496 e. The van der Waals surface area contributed by atoms with Gasteiger partial charge in [0.2, 0.25) is 5.91 Å². The first-order valence-corrected chi connectivity index (χ1v) is 6.41. The van der Waals surface area contributed by atoms with Crippen molar-refractivity contribution in [3.05, 3.63) is 29.3 Å². The van der Waals surface area contributed by atoms with Crippen molar-refractivity contribution in [2.24, 2.45) is 0 Å². The second-order valence-corrected chi connectivity index (χ2v) is 4.49. The van der Waals surface area contributed by atoms with E-state index in [0.29, 0.717) is 13.0 Å². The van der Waals surface area contributed by atoms with Crippen molar-refractivity contribution >= 4 is 5.91 Å². The number of aryl methyl sites for hydroxylation is 1. The number of rotatable bonds is 3. The predicted molar refractivity (Wildman–Crippen MR) is 70.7 cm³/mol. The van der Waals surface area contributed by atoms with Gasteiger partial charge in [-0.2, -0.15) is 0 Å². The van der Waals surface area contributed by atoms with Crippen LogP contribution >= 0.6 is 0 Å². The number of hydrogen-bond acceptors (Lipinski definition) is 3. The summed E-state index contributed by atoms with van der Waals surface area (Å²) >= 11 is 0. The van der Waals surface area contributed by atoms with E-state index in [2.05, 4.69) is 23.6 Å². The molecule has 1 aliphatic heterocycles. The molecule has 1 fully saturated rings. The van der Waals surface area contributed by atoms with Crippen LogP contribution in [0.3, 0.4) is 0 Å². The van der Waals surface area contributed by atoms with Gasteiger partial charge in [0.1, 0.15) is 5.75 Å². The monoisotopic (exact) mass is 248 g/mol. The summed E-state index contributed by atoms with van der Waals surface area (Å²) < 4.78 is 5.32. The Morgan fingerprint density at radius 2 is 2.22 bits per heavy atom. The summed E-state index contributed by atoms with van der Waals surface area (Å²) in [4.78, 5) is 11.6. The summed E-state index contributed by atoms with van der Waals surface area (Å²) in [6.45, 7) is 3.62. The number of methoxy groups -OCH3 is 1. The molecule has 0 saturated carbocycles. The first-order valence-electron chi connectivity index (χ1n) is 6.41. The maximum Gasteiger partial charge on any atom is 0.221 e. The number of ether oxygens (including phenoxy) is 1. The van der Waals surface area contributed by atoms with Gasteiger partial charge in [0.05, 0.1) is 7.11 Å². The van der Waals surface area contributed by atoms with Crippen molar-refractivity contribution in [1.29, 1.82) is 0 Å². The van der Waals surface area contributed by atoms with E-state index in [0.717, 1.165) is 24.3 Å². The number of benzene rings is 1. The third-order valence-electron chi connectivity index (χ3n) is 3.32. The summed E-state index contributed by atoms with van der Waals surface area (Å²) in [5.74, 6) is 1.03. The van der Waals surface area contributed by atoms with Crippen LogP contribution in [0.2, 0.25) is 0 Å². The van der Waals surface area contributed by atoms with Crippen molar-refractivity contribution < 1.29 is 9.53 Å². The zero-order valence-electron chi connectivity index (χ0n) is 11.0. The Morgan fingerprint density at radius 1 is 1.39 bits per heavy atom. The highest BCUT2D eigenvalue weighted by Crippen LogP contribution is 2.25. The summed E-state index contributed by atoms with van der Waals surface area (Å²) in [6, 6.07) is 6.26. The van der Waals surface area contributed by atoms with E-state index in [9.17, 15) is 4.79 Å². The zero-order valence-corrected chi connectivity index (χ0v) is 11.0. The van der Waals surface area contributed by atoms with E-state index in [-0.39, 0.29) is 11.9 Å². The lowest BCUT2D eigenvalue weighted by molar-refractivity contribution is -0.121. The first kappa shape index (κ1) is 12.9. The summed E-state index contributed by atoms with van der Waals surface area (Å²) in [7, 11) is 1.69. The molecule has 1 aromatic carbocycles. The molecule has 4 nitrogen and oxygen atoms in total. The Bertz CT molecular complexity index is 432. The van der Waals surface area contributed by atoms with Crippen molar-refractivity contribution in [2.45, 2.75) is 25.8 Å². The van der Waals surface area contributed by atoms with Crippen molar-refractivity contribution in [2.75, 3.05) is 20.2 Å². The van der Waals surface area contributed by atoms with E-state index in [1.54, 1.807) is 7.11 Å². The van der Waals surface area contributed by atoms with E-state index in [1.807, 2.05) is 12.1 Å². The standard InChI is InChI=1S/C14H20N2O2/c1-3-10-8-11(4-5-13(10)18-2)12-9-14(17)16-7-6-15-12/h4-5,8,12,15H,3,6-7,9H2,1-2H3,(H,16,17). The number of amides is 1. The molecule has 18 heavy (non-hydrogen) atoms. The lowest BCUT2D eigenvalue weighted by Gasteiger charge is -2.17. The second-order valence-electron chi connectivity index (χ2n) is 4.49. The van der Waals surface area contributed by atoms with Crippen molar-refractivity contribution in [1.82, 2.24) is 10.6 Å². The fourth-order valence-electron chi connectivity index (χ4n) is 2.31. The molecule has 98 valence electrons. The van der Waals surface area contributed by atoms with Crippen LogP contribution in [0.1, 0.15) is 30.5 Å². The second kappa shape index (κ2) is 5.87. The molecule has 0 aromatic heterocycles. The molecule has 0 spiro atoms. The molecule has 4 heteroatoms. The number of nitrogens with one attached hydrogen (secondary N) is 2. The van der Waals surface area contributed by atoms with Gasteiger partial charge in [-0.1, -0.05) is 19.1 Å². The summed E-state index contributed by atoms with van der Waals surface area (Å²) in [5, 5.41) is 6.26. The van der Waals surface area contributed by atoms with Crippen LogP contribution in [-0.4, -0.2) is 26.1 Å². The van der Waals surface area contributed by atoms with Crippen LogP contribution < -0.4 is 15.4 Å². The zero-order chi connectivity index (χ0) is 13.0. The van der Waals surface area contributed by atoms with Crippen LogP contribution in [0.25, 0.3) is 0 Å². The Morgan fingerprint density at radius 3 is 2.94 bits per heavy atom. The minimum atomic E-state index is 0.101. The maximum absolute atomic E-state index is 11.6. The largest absolute Gasteiger partial charge is 0.496 e. The average molecular weight is 248 g/mol. The smallest absolute Gasteiger partial charge is 0.221 e. The van der Waals surface area contributed by atoms with Gasteiger partial charge in [0.15, 0.2) is 0 Å². The predicted octanol–water partition coefficient (Wildman–Crippen LogP) is 1.41. The molecule has 0 aliphatic carbocycles. The lowest BCUT2D eigenvalue weighted by atomic mass is 9.99. The van der Waals surface area contributed by atoms with Crippen LogP contribution in [-0.2, 0) is 11.2 Å². The summed E-state index contributed by atoms with van der Waals surface area (Å²) in [6.07, 6.45) is 1.42. The first-order chi connectivity index (χ1) is 8.74. The molecule has 1 unspecified atom stereocenters. The quantitative estimate of drug-likeness (QED) is 0.850. The van der Waals surface area contributed by atoms with E-state index in [4.69, 9.17) is 4.74 Å².